The molecule has 0 amide bonds. The third kappa shape index (κ3) is 11.4. The van der Waals surface area contributed by atoms with Gasteiger partial charge in [0.05, 0.1) is 0 Å². The molecule has 5 N–H and O–H groups in total. The molecular formula is C3H8N3NaO2. The van der Waals surface area contributed by atoms with E-state index in [1.807, 2.05) is 0 Å². The number of carboxylic acid groups (broad SMARTS) is 1. The van der Waals surface area contributed by atoms with E-state index < -0.39 is 5.97 Å². The number of carboxylic acids is 1. The van der Waals surface area contributed by atoms with Crippen LogP contribution in [0.2, 0.25) is 0 Å². The van der Waals surface area contributed by atoms with Gasteiger partial charge < -0.3 is 16.2 Å². The van der Waals surface area contributed by atoms with Crippen LogP contribution in [0.25, 0.3) is 0 Å². The summed E-state index contributed by atoms with van der Waals surface area (Å²) < 4.78 is 0. The Morgan fingerprint density at radius 2 is 2.22 bits per heavy atom. The van der Waals surface area contributed by atoms with Crippen molar-refractivity contribution in [3.63, 3.8) is 0 Å². The summed E-state index contributed by atoms with van der Waals surface area (Å²) in [6.45, 7) is -0.296. The Bertz CT molecular complexity index is 102. The van der Waals surface area contributed by atoms with Crippen molar-refractivity contribution in [1.82, 2.24) is 5.32 Å². The van der Waals surface area contributed by atoms with Crippen molar-refractivity contribution in [2.45, 2.75) is 0 Å². The van der Waals surface area contributed by atoms with Crippen molar-refractivity contribution in [2.24, 2.45) is 5.73 Å². The number of hydrogen-bond donors (Lipinski definition) is 4. The Hall–Kier alpha value is -0.260. The molecule has 0 heterocycles. The van der Waals surface area contributed by atoms with Gasteiger partial charge in [-0.2, -0.15) is 0 Å². The molecule has 5 nitrogen and oxygen atoms in total. The van der Waals surface area contributed by atoms with Gasteiger partial charge in [0, 0.05) is 0 Å². The summed E-state index contributed by atoms with van der Waals surface area (Å²) in [6.07, 6.45) is 0. The van der Waals surface area contributed by atoms with Crippen LogP contribution in [0, 0.1) is 5.41 Å². The maximum atomic E-state index is 9.69. The van der Waals surface area contributed by atoms with E-state index in [-0.39, 0.29) is 42.1 Å². The zero-order chi connectivity index (χ0) is 6.57. The summed E-state index contributed by atoms with van der Waals surface area (Å²) in [6, 6.07) is 0. The van der Waals surface area contributed by atoms with Crippen molar-refractivity contribution >= 4 is 41.5 Å². The van der Waals surface area contributed by atoms with Gasteiger partial charge in [0.15, 0.2) is 5.96 Å². The fraction of sp³-hybridized carbons (Fsp3) is 0.333. The number of rotatable bonds is 2. The second-order valence-electron chi connectivity index (χ2n) is 1.16. The molecule has 6 heteroatoms. The average Bonchev–Trinajstić information content (AvgIpc) is 1.61. The Labute approximate surface area is 74.4 Å². The molecule has 0 aliphatic carbocycles. The minimum atomic E-state index is -1.03. The molecule has 9 heavy (non-hydrogen) atoms. The molecule has 0 rings (SSSR count). The van der Waals surface area contributed by atoms with Crippen LogP contribution in [0.4, 0.5) is 0 Å². The van der Waals surface area contributed by atoms with Crippen LogP contribution in [-0.2, 0) is 4.79 Å². The Morgan fingerprint density at radius 3 is 2.33 bits per heavy atom. The summed E-state index contributed by atoms with van der Waals surface area (Å²) in [5, 5.41) is 16.5. The van der Waals surface area contributed by atoms with Crippen LogP contribution >= 0.6 is 0 Å². The van der Waals surface area contributed by atoms with E-state index in [2.05, 4.69) is 5.32 Å². The summed E-state index contributed by atoms with van der Waals surface area (Å²) in [7, 11) is 0. The van der Waals surface area contributed by atoms with Gasteiger partial charge in [-0.25, -0.2) is 0 Å². The van der Waals surface area contributed by atoms with Gasteiger partial charge in [0.25, 0.3) is 0 Å². The first-order chi connectivity index (χ1) is 3.63. The fourth-order valence-electron chi connectivity index (χ4n) is 0.171. The summed E-state index contributed by atoms with van der Waals surface area (Å²) in [5.41, 5.74) is 4.75. The molecule has 0 aromatic heterocycles. The van der Waals surface area contributed by atoms with Crippen molar-refractivity contribution in [3.05, 3.63) is 0 Å². The molecule has 0 atom stereocenters. The molecule has 0 aromatic rings. The zero-order valence-electron chi connectivity index (χ0n) is 4.14. The normalized spacial score (nSPS) is 7.11. The first-order valence-electron chi connectivity index (χ1n) is 1.92. The molecule has 0 aliphatic rings. The molecule has 0 aromatic carbocycles. The molecule has 0 unspecified atom stereocenters. The third-order valence-corrected chi connectivity index (χ3v) is 0.430. The third-order valence-electron chi connectivity index (χ3n) is 0.430. The number of hydrogen-bond acceptors (Lipinski definition) is 2. The predicted molar refractivity (Wildman–Crippen MR) is 34.7 cm³/mol. The monoisotopic (exact) mass is 141 g/mol. The number of nitrogens with two attached hydrogens (primary N) is 1. The molecule has 0 saturated carbocycles. The van der Waals surface area contributed by atoms with E-state index >= 15 is 0 Å². The molecule has 0 aliphatic heterocycles. The van der Waals surface area contributed by atoms with Crippen LogP contribution in [0.15, 0.2) is 0 Å². The molecule has 0 fully saturated rings. The molecule has 48 valence electrons. The van der Waals surface area contributed by atoms with Gasteiger partial charge in [0.2, 0.25) is 0 Å². The number of aliphatic carboxylic acids is 1. The maximum absolute atomic E-state index is 9.69. The second-order valence-corrected chi connectivity index (χ2v) is 1.16. The fourth-order valence-corrected chi connectivity index (χ4v) is 0.171. The Kier molecular flexibility index (Phi) is 7.52. The first kappa shape index (κ1) is 11.5. The minimum absolute atomic E-state index is 0. The van der Waals surface area contributed by atoms with Crippen LogP contribution in [-0.4, -0.2) is 53.1 Å². The Morgan fingerprint density at radius 1 is 1.78 bits per heavy atom. The van der Waals surface area contributed by atoms with E-state index in [9.17, 15) is 4.79 Å². The molecular weight excluding hydrogens is 133 g/mol. The number of carbonyl (C=O) groups is 1. The molecule has 0 spiro atoms. The van der Waals surface area contributed by atoms with E-state index in [1.165, 1.54) is 0 Å². The SMILES string of the molecule is N=C(N)NCC(=O)O.[NaH]. The molecule has 0 bridgehead atoms. The van der Waals surface area contributed by atoms with E-state index in [1.54, 1.807) is 0 Å². The van der Waals surface area contributed by atoms with Crippen LogP contribution in [0.3, 0.4) is 0 Å². The van der Waals surface area contributed by atoms with Gasteiger partial charge in [0.1, 0.15) is 6.54 Å². The van der Waals surface area contributed by atoms with Crippen molar-refractivity contribution < 1.29 is 9.90 Å². The van der Waals surface area contributed by atoms with Gasteiger partial charge in [-0.3, -0.25) is 10.2 Å². The van der Waals surface area contributed by atoms with Crippen LogP contribution < -0.4 is 11.1 Å². The van der Waals surface area contributed by atoms with Crippen molar-refractivity contribution in [3.8, 4) is 0 Å². The van der Waals surface area contributed by atoms with Gasteiger partial charge in [-0.05, 0) is 0 Å². The van der Waals surface area contributed by atoms with Crippen LogP contribution in [0.5, 0.6) is 0 Å². The standard InChI is InChI=1S/C3H7N3O2.Na.H/c4-3(5)6-1-2(7)8;;/h1H2,(H,7,8)(H4,4,5,6);;. The zero-order valence-corrected chi connectivity index (χ0v) is 4.14. The van der Waals surface area contributed by atoms with Crippen molar-refractivity contribution in [1.29, 1.82) is 5.41 Å². The summed E-state index contributed by atoms with van der Waals surface area (Å²) in [5.74, 6) is -1.35. The van der Waals surface area contributed by atoms with E-state index in [0.717, 1.165) is 0 Å². The quantitative estimate of drug-likeness (QED) is 0.201. The number of nitrogens with one attached hydrogen (secondary N) is 2. The topological polar surface area (TPSA) is 99.2 Å². The van der Waals surface area contributed by atoms with E-state index in [0.29, 0.717) is 0 Å². The first-order valence-corrected chi connectivity index (χ1v) is 1.92. The molecule has 0 saturated heterocycles. The van der Waals surface area contributed by atoms with Gasteiger partial charge in [-0.1, -0.05) is 0 Å². The predicted octanol–water partition coefficient (Wildman–Crippen LogP) is -2.09. The van der Waals surface area contributed by atoms with Crippen molar-refractivity contribution in [2.75, 3.05) is 6.54 Å². The van der Waals surface area contributed by atoms with Crippen LogP contribution in [0.1, 0.15) is 0 Å². The Balaban J connectivity index is 0. The average molecular weight is 141 g/mol. The summed E-state index contributed by atoms with van der Waals surface area (Å²) >= 11 is 0. The summed E-state index contributed by atoms with van der Waals surface area (Å²) in [4.78, 5) is 9.69. The van der Waals surface area contributed by atoms with Gasteiger partial charge >= 0.3 is 35.5 Å². The molecule has 0 radical (unpaired) electrons. The number of guanidine groups is 1. The van der Waals surface area contributed by atoms with Gasteiger partial charge in [-0.15, -0.1) is 0 Å². The van der Waals surface area contributed by atoms with E-state index in [4.69, 9.17) is 16.2 Å². The second kappa shape index (κ2) is 5.87.